The molecule has 0 amide bonds. The Hall–Kier alpha value is -2.07. The van der Waals surface area contributed by atoms with E-state index in [4.69, 9.17) is 9.88 Å². The van der Waals surface area contributed by atoms with Gasteiger partial charge in [0.05, 0.1) is 17.7 Å². The van der Waals surface area contributed by atoms with Crippen LogP contribution in [0.25, 0.3) is 5.69 Å². The van der Waals surface area contributed by atoms with Crippen LogP contribution in [0.4, 0.5) is 13.2 Å². The van der Waals surface area contributed by atoms with Crippen LogP contribution in [0, 0.1) is 0 Å². The van der Waals surface area contributed by atoms with Gasteiger partial charge in [-0.25, -0.2) is 18.2 Å². The first-order chi connectivity index (χ1) is 9.63. The van der Waals surface area contributed by atoms with Crippen molar-refractivity contribution in [2.45, 2.75) is 11.1 Å². The van der Waals surface area contributed by atoms with Crippen LogP contribution in [0.15, 0.2) is 35.2 Å². The van der Waals surface area contributed by atoms with E-state index in [1.807, 2.05) is 0 Å². The summed E-state index contributed by atoms with van der Waals surface area (Å²) in [4.78, 5) is -0.159. The lowest BCUT2D eigenvalue weighted by Gasteiger charge is -2.06. The number of hydrogen-bond donors (Lipinski definition) is 1. The number of halogens is 3. The first kappa shape index (κ1) is 15.3. The maximum atomic E-state index is 12.6. The van der Waals surface area contributed by atoms with Gasteiger partial charge in [-0.05, 0) is 24.3 Å². The summed E-state index contributed by atoms with van der Waals surface area (Å²) in [7, 11) is -2.68. The molecule has 0 spiro atoms. The summed E-state index contributed by atoms with van der Waals surface area (Å²) in [6.07, 6.45) is -4.61. The normalized spacial score (nSPS) is 12.4. The zero-order chi connectivity index (χ0) is 15.8. The Labute approximate surface area is 118 Å². The third-order valence-electron chi connectivity index (χ3n) is 2.59. The van der Waals surface area contributed by atoms with Crippen LogP contribution in [0.3, 0.4) is 0 Å². The fourth-order valence-corrected chi connectivity index (χ4v) is 2.13. The fourth-order valence-electron chi connectivity index (χ4n) is 1.61. The number of benzene rings is 1. The lowest BCUT2D eigenvalue weighted by Crippen LogP contribution is -2.12. The zero-order valence-corrected chi connectivity index (χ0v) is 11.4. The molecule has 2 aromatic rings. The first-order valence-corrected chi connectivity index (χ1v) is 7.02. The van der Waals surface area contributed by atoms with Crippen LogP contribution < -0.4 is 9.88 Å². The molecule has 0 atom stereocenters. The average Bonchev–Trinajstić information content (AvgIpc) is 2.81. The number of aromatic nitrogens is 2. The molecule has 2 rings (SSSR count). The number of rotatable bonds is 3. The number of nitrogens with two attached hydrogens (primary N) is 1. The quantitative estimate of drug-likeness (QED) is 0.929. The Kier molecular flexibility index (Phi) is 3.68. The van der Waals surface area contributed by atoms with Gasteiger partial charge in [0.1, 0.15) is 0 Å². The Balaban J connectivity index is 2.49. The highest BCUT2D eigenvalue weighted by Crippen LogP contribution is 2.32. The Morgan fingerprint density at radius 3 is 2.24 bits per heavy atom. The van der Waals surface area contributed by atoms with Gasteiger partial charge < -0.3 is 4.74 Å². The van der Waals surface area contributed by atoms with Crippen molar-refractivity contribution in [1.29, 1.82) is 0 Å². The fraction of sp³-hybridized carbons (Fsp3) is 0.182. The van der Waals surface area contributed by atoms with E-state index < -0.39 is 21.9 Å². The molecule has 0 aliphatic carbocycles. The molecule has 0 bridgehead atoms. The molecule has 6 nitrogen and oxygen atoms in total. The summed E-state index contributed by atoms with van der Waals surface area (Å²) >= 11 is 0. The highest BCUT2D eigenvalue weighted by molar-refractivity contribution is 7.89. The number of alkyl halides is 3. The van der Waals surface area contributed by atoms with Crippen molar-refractivity contribution in [3.8, 4) is 11.6 Å². The predicted octanol–water partition coefficient (Wildman–Crippen LogP) is 1.55. The summed E-state index contributed by atoms with van der Waals surface area (Å²) in [6.45, 7) is 0. The number of ether oxygens (including phenoxy) is 1. The van der Waals surface area contributed by atoms with Crippen molar-refractivity contribution in [3.05, 3.63) is 36.0 Å². The molecule has 0 aliphatic heterocycles. The van der Waals surface area contributed by atoms with E-state index in [2.05, 4.69) is 5.10 Å². The maximum Gasteiger partial charge on any atom is 0.435 e. The summed E-state index contributed by atoms with van der Waals surface area (Å²) in [5, 5.41) is 8.34. The Bertz CT molecular complexity index is 751. The van der Waals surface area contributed by atoms with Crippen LogP contribution in [0.5, 0.6) is 5.88 Å². The number of nitrogens with zero attached hydrogens (tertiary/aromatic N) is 2. The van der Waals surface area contributed by atoms with Crippen LogP contribution >= 0.6 is 0 Å². The minimum atomic E-state index is -4.61. The van der Waals surface area contributed by atoms with Gasteiger partial charge in [0.15, 0.2) is 5.69 Å². The molecule has 0 aliphatic rings. The zero-order valence-electron chi connectivity index (χ0n) is 10.6. The van der Waals surface area contributed by atoms with E-state index in [0.717, 1.165) is 10.7 Å². The molecule has 1 heterocycles. The summed E-state index contributed by atoms with van der Waals surface area (Å²) < 4.78 is 65.9. The highest BCUT2D eigenvalue weighted by atomic mass is 32.2. The molecular formula is C11H10F3N3O3S. The third kappa shape index (κ3) is 3.16. The van der Waals surface area contributed by atoms with E-state index in [0.29, 0.717) is 0 Å². The summed E-state index contributed by atoms with van der Waals surface area (Å²) in [6, 6.07) is 5.62. The number of hydrogen-bond acceptors (Lipinski definition) is 4. The number of methoxy groups -OCH3 is 1. The molecular weight excluding hydrogens is 311 g/mol. The van der Waals surface area contributed by atoms with Gasteiger partial charge in [-0.3, -0.25) is 0 Å². The second kappa shape index (κ2) is 5.04. The topological polar surface area (TPSA) is 87.2 Å². The van der Waals surface area contributed by atoms with Gasteiger partial charge in [0, 0.05) is 6.07 Å². The number of sulfonamides is 1. The largest absolute Gasteiger partial charge is 0.481 e. The molecule has 114 valence electrons. The second-order valence-electron chi connectivity index (χ2n) is 4.02. The van der Waals surface area contributed by atoms with Crippen LogP contribution in [-0.4, -0.2) is 25.3 Å². The Morgan fingerprint density at radius 1 is 1.24 bits per heavy atom. The molecule has 0 saturated carbocycles. The monoisotopic (exact) mass is 321 g/mol. The Morgan fingerprint density at radius 2 is 1.81 bits per heavy atom. The van der Waals surface area contributed by atoms with Crippen LogP contribution in [0.1, 0.15) is 5.69 Å². The third-order valence-corrected chi connectivity index (χ3v) is 3.52. The van der Waals surface area contributed by atoms with Gasteiger partial charge >= 0.3 is 6.18 Å². The van der Waals surface area contributed by atoms with Crippen molar-refractivity contribution in [2.75, 3.05) is 7.11 Å². The molecule has 0 fully saturated rings. The van der Waals surface area contributed by atoms with Crippen molar-refractivity contribution in [2.24, 2.45) is 5.14 Å². The van der Waals surface area contributed by atoms with Gasteiger partial charge in [-0.1, -0.05) is 0 Å². The first-order valence-electron chi connectivity index (χ1n) is 5.47. The minimum absolute atomic E-state index is 0.134. The molecule has 2 N–H and O–H groups in total. The van der Waals surface area contributed by atoms with E-state index in [9.17, 15) is 21.6 Å². The second-order valence-corrected chi connectivity index (χ2v) is 5.58. The van der Waals surface area contributed by atoms with Gasteiger partial charge in [-0.15, -0.1) is 0 Å². The van der Waals surface area contributed by atoms with Gasteiger partial charge in [-0.2, -0.15) is 18.3 Å². The van der Waals surface area contributed by atoms with Crippen molar-refractivity contribution < 1.29 is 26.3 Å². The van der Waals surface area contributed by atoms with E-state index >= 15 is 0 Å². The minimum Gasteiger partial charge on any atom is -0.481 e. The van der Waals surface area contributed by atoms with E-state index in [1.54, 1.807) is 0 Å². The molecule has 21 heavy (non-hydrogen) atoms. The van der Waals surface area contributed by atoms with Gasteiger partial charge in [0.2, 0.25) is 15.9 Å². The summed E-state index contributed by atoms with van der Waals surface area (Å²) in [5.41, 5.74) is -0.912. The molecule has 1 aromatic carbocycles. The molecule has 0 unspecified atom stereocenters. The molecule has 0 radical (unpaired) electrons. The summed E-state index contributed by atoms with van der Waals surface area (Å²) in [5.74, 6) is -0.134. The molecule has 1 aromatic heterocycles. The van der Waals surface area contributed by atoms with E-state index in [1.165, 1.54) is 31.4 Å². The van der Waals surface area contributed by atoms with Crippen molar-refractivity contribution in [1.82, 2.24) is 9.78 Å². The van der Waals surface area contributed by atoms with Crippen molar-refractivity contribution >= 4 is 10.0 Å². The average molecular weight is 321 g/mol. The van der Waals surface area contributed by atoms with Crippen molar-refractivity contribution in [3.63, 3.8) is 0 Å². The molecule has 0 saturated heterocycles. The smallest absolute Gasteiger partial charge is 0.435 e. The maximum absolute atomic E-state index is 12.6. The van der Waals surface area contributed by atoms with Crippen LogP contribution in [-0.2, 0) is 16.2 Å². The van der Waals surface area contributed by atoms with E-state index in [-0.39, 0.29) is 16.5 Å². The molecule has 10 heteroatoms. The standard InChI is InChI=1S/C11H10F3N3O3S/c1-20-10-6-9(11(12,13)14)16-17(10)7-2-4-8(5-3-7)21(15,18)19/h2-6H,1H3,(H2,15,18,19). The van der Waals surface area contributed by atoms with Gasteiger partial charge in [0.25, 0.3) is 0 Å². The SMILES string of the molecule is COc1cc(C(F)(F)F)nn1-c1ccc(S(N)(=O)=O)cc1. The lowest BCUT2D eigenvalue weighted by atomic mass is 10.3. The van der Waals surface area contributed by atoms with Crippen LogP contribution in [0.2, 0.25) is 0 Å². The lowest BCUT2D eigenvalue weighted by molar-refractivity contribution is -0.141. The predicted molar refractivity (Wildman–Crippen MR) is 66.5 cm³/mol. The number of primary sulfonamides is 1. The highest BCUT2D eigenvalue weighted by Gasteiger charge is 2.35.